The van der Waals surface area contributed by atoms with Crippen LogP contribution in [0.25, 0.3) is 0 Å². The van der Waals surface area contributed by atoms with E-state index >= 15 is 0 Å². The zero-order valence-electron chi connectivity index (χ0n) is 16.2. The van der Waals surface area contributed by atoms with Gasteiger partial charge >= 0.3 is 5.97 Å². The maximum absolute atomic E-state index is 12.3. The lowest BCUT2D eigenvalue weighted by Gasteiger charge is -2.14. The number of nitrogens with one attached hydrogen (secondary N) is 1. The van der Waals surface area contributed by atoms with Crippen molar-refractivity contribution in [1.82, 2.24) is 0 Å². The van der Waals surface area contributed by atoms with Gasteiger partial charge in [0.2, 0.25) is 0 Å². The van der Waals surface area contributed by atoms with Gasteiger partial charge < -0.3 is 19.5 Å². The molecular weight excluding hydrogens is 396 g/mol. The number of nitrogens with zero attached hydrogens (tertiary/aromatic N) is 1. The average molecular weight is 417 g/mol. The molecule has 8 heteroatoms. The molecule has 0 aliphatic rings. The highest BCUT2D eigenvalue weighted by molar-refractivity contribution is 6.32. The first-order valence-corrected chi connectivity index (χ1v) is 9.33. The topological polar surface area (TPSA) is 97.6 Å². The van der Waals surface area contributed by atoms with Gasteiger partial charge in [-0.25, -0.2) is 4.79 Å². The lowest BCUT2D eigenvalue weighted by atomic mass is 10.2. The van der Waals surface area contributed by atoms with Crippen LogP contribution in [-0.4, -0.2) is 32.2 Å². The zero-order valence-corrected chi connectivity index (χ0v) is 16.9. The molecule has 0 aromatic heterocycles. The first-order chi connectivity index (χ1) is 14.0. The van der Waals surface area contributed by atoms with E-state index < -0.39 is 18.5 Å². The molecule has 0 unspecified atom stereocenters. The van der Waals surface area contributed by atoms with Gasteiger partial charge in [-0.2, -0.15) is 5.26 Å². The van der Waals surface area contributed by atoms with Crippen molar-refractivity contribution in [2.75, 3.05) is 25.6 Å². The summed E-state index contributed by atoms with van der Waals surface area (Å²) in [7, 11) is 1.44. The summed E-state index contributed by atoms with van der Waals surface area (Å²) in [6, 6.07) is 11.2. The summed E-state index contributed by atoms with van der Waals surface area (Å²) in [6.45, 7) is 2.04. The number of hydrogen-bond acceptors (Lipinski definition) is 6. The fraction of sp³-hybridized carbons (Fsp3) is 0.286. The van der Waals surface area contributed by atoms with E-state index in [2.05, 4.69) is 5.32 Å². The molecule has 0 aliphatic heterocycles. The van der Waals surface area contributed by atoms with Crippen LogP contribution < -0.4 is 14.8 Å². The number of nitriles is 1. The van der Waals surface area contributed by atoms with Crippen molar-refractivity contribution >= 4 is 29.2 Å². The minimum atomic E-state index is -0.722. The maximum Gasteiger partial charge on any atom is 0.338 e. The molecule has 2 aromatic rings. The highest BCUT2D eigenvalue weighted by Gasteiger charge is 2.18. The number of carbonyl (C=O) groups is 2. The third-order valence-corrected chi connectivity index (χ3v) is 4.12. The summed E-state index contributed by atoms with van der Waals surface area (Å²) < 4.78 is 15.9. The van der Waals surface area contributed by atoms with Gasteiger partial charge in [-0.3, -0.25) is 4.79 Å². The summed E-state index contributed by atoms with van der Waals surface area (Å²) >= 11 is 6.22. The molecule has 0 radical (unpaired) electrons. The van der Waals surface area contributed by atoms with Gasteiger partial charge in [0, 0.05) is 5.69 Å². The van der Waals surface area contributed by atoms with E-state index in [-0.39, 0.29) is 10.6 Å². The quantitative estimate of drug-likeness (QED) is 0.486. The van der Waals surface area contributed by atoms with Crippen molar-refractivity contribution in [3.8, 4) is 17.6 Å². The molecule has 0 heterocycles. The van der Waals surface area contributed by atoms with E-state index in [4.69, 9.17) is 31.1 Å². The molecule has 0 bridgehead atoms. The van der Waals surface area contributed by atoms with Crippen molar-refractivity contribution in [3.63, 3.8) is 0 Å². The predicted octanol–water partition coefficient (Wildman–Crippen LogP) is 4.19. The van der Waals surface area contributed by atoms with E-state index in [1.54, 1.807) is 24.3 Å². The molecule has 152 valence electrons. The number of benzene rings is 2. The largest absolute Gasteiger partial charge is 0.493 e. The molecule has 2 aromatic carbocycles. The van der Waals surface area contributed by atoms with Gasteiger partial charge in [-0.15, -0.1) is 0 Å². The third-order valence-electron chi connectivity index (χ3n) is 3.84. The maximum atomic E-state index is 12.3. The van der Waals surface area contributed by atoms with Gasteiger partial charge in [0.1, 0.15) is 0 Å². The molecule has 1 N–H and O–H groups in total. The fourth-order valence-electron chi connectivity index (χ4n) is 2.34. The van der Waals surface area contributed by atoms with Crippen molar-refractivity contribution < 1.29 is 23.8 Å². The Morgan fingerprint density at radius 2 is 1.93 bits per heavy atom. The summed E-state index contributed by atoms with van der Waals surface area (Å²) in [5.74, 6) is -0.568. The van der Waals surface area contributed by atoms with Gasteiger partial charge in [0.05, 0.1) is 35.9 Å². The standard InChI is InChI=1S/C21H21ClN2O5/c1-3-4-9-28-20-17(22)10-15(11-18(20)27-2)21(26)29-13-19(25)24-16-7-5-14(12-23)6-8-16/h5-8,10-11H,3-4,9,13H2,1-2H3,(H,24,25). The van der Waals surface area contributed by atoms with Crippen molar-refractivity contribution in [1.29, 1.82) is 5.26 Å². The van der Waals surface area contributed by atoms with Crippen LogP contribution in [0.4, 0.5) is 5.69 Å². The van der Waals surface area contributed by atoms with Crippen LogP contribution in [0, 0.1) is 11.3 Å². The number of esters is 1. The normalized spacial score (nSPS) is 10.0. The molecule has 0 fully saturated rings. The highest BCUT2D eigenvalue weighted by Crippen LogP contribution is 2.36. The Bertz CT molecular complexity index is 907. The first-order valence-electron chi connectivity index (χ1n) is 8.96. The number of carbonyl (C=O) groups excluding carboxylic acids is 2. The molecule has 2 rings (SSSR count). The third kappa shape index (κ3) is 6.40. The Morgan fingerprint density at radius 1 is 1.21 bits per heavy atom. The molecule has 0 saturated carbocycles. The van der Waals surface area contributed by atoms with Gasteiger partial charge in [0.25, 0.3) is 5.91 Å². The Balaban J connectivity index is 1.97. The Morgan fingerprint density at radius 3 is 2.55 bits per heavy atom. The van der Waals surface area contributed by atoms with Gasteiger partial charge in [-0.05, 0) is 42.8 Å². The molecular formula is C21H21ClN2O5. The average Bonchev–Trinajstić information content (AvgIpc) is 2.73. The molecule has 0 spiro atoms. The summed E-state index contributed by atoms with van der Waals surface area (Å²) in [4.78, 5) is 24.3. The molecule has 1 amide bonds. The Hall–Kier alpha value is -3.24. The molecule has 0 aliphatic carbocycles. The van der Waals surface area contributed by atoms with Crippen LogP contribution in [0.2, 0.25) is 5.02 Å². The summed E-state index contributed by atoms with van der Waals surface area (Å²) in [5.41, 5.74) is 1.10. The van der Waals surface area contributed by atoms with E-state index in [0.29, 0.717) is 29.4 Å². The summed E-state index contributed by atoms with van der Waals surface area (Å²) in [5, 5.41) is 11.6. The molecule has 29 heavy (non-hydrogen) atoms. The van der Waals surface area contributed by atoms with Gasteiger partial charge in [-0.1, -0.05) is 24.9 Å². The smallest absolute Gasteiger partial charge is 0.338 e. The molecule has 7 nitrogen and oxygen atoms in total. The van der Waals surface area contributed by atoms with Crippen LogP contribution in [0.3, 0.4) is 0 Å². The van der Waals surface area contributed by atoms with Crippen molar-refractivity contribution in [2.24, 2.45) is 0 Å². The number of methoxy groups -OCH3 is 1. The number of anilines is 1. The second-order valence-corrected chi connectivity index (χ2v) is 6.41. The minimum Gasteiger partial charge on any atom is -0.493 e. The van der Waals surface area contributed by atoms with Gasteiger partial charge in [0.15, 0.2) is 18.1 Å². The van der Waals surface area contributed by atoms with Crippen LogP contribution in [0.15, 0.2) is 36.4 Å². The number of halogens is 1. The van der Waals surface area contributed by atoms with E-state index in [0.717, 1.165) is 12.8 Å². The Kier molecular flexibility index (Phi) is 8.31. The fourth-order valence-corrected chi connectivity index (χ4v) is 2.60. The predicted molar refractivity (Wildman–Crippen MR) is 108 cm³/mol. The van der Waals surface area contributed by atoms with Crippen molar-refractivity contribution in [3.05, 3.63) is 52.5 Å². The van der Waals surface area contributed by atoms with E-state index in [9.17, 15) is 9.59 Å². The number of hydrogen-bond donors (Lipinski definition) is 1. The second-order valence-electron chi connectivity index (χ2n) is 6.00. The SMILES string of the molecule is CCCCOc1c(Cl)cc(C(=O)OCC(=O)Nc2ccc(C#N)cc2)cc1OC. The number of rotatable bonds is 9. The van der Waals surface area contributed by atoms with E-state index in [1.165, 1.54) is 19.2 Å². The van der Waals surface area contributed by atoms with Crippen LogP contribution in [-0.2, 0) is 9.53 Å². The van der Waals surface area contributed by atoms with Crippen molar-refractivity contribution in [2.45, 2.75) is 19.8 Å². The molecule has 0 saturated heterocycles. The number of unbranched alkanes of at least 4 members (excludes halogenated alkanes) is 1. The van der Waals surface area contributed by atoms with Crippen LogP contribution >= 0.6 is 11.6 Å². The number of amides is 1. The Labute approximate surface area is 174 Å². The second kappa shape index (κ2) is 10.9. The van der Waals surface area contributed by atoms with Crippen LogP contribution in [0.5, 0.6) is 11.5 Å². The first kappa shape index (κ1) is 22.1. The zero-order chi connectivity index (χ0) is 21.2. The van der Waals surface area contributed by atoms with E-state index in [1.807, 2.05) is 13.0 Å². The minimum absolute atomic E-state index is 0.140. The number of ether oxygens (including phenoxy) is 3. The lowest BCUT2D eigenvalue weighted by Crippen LogP contribution is -2.21. The summed E-state index contributed by atoms with van der Waals surface area (Å²) in [6.07, 6.45) is 1.83. The lowest BCUT2D eigenvalue weighted by molar-refractivity contribution is -0.119. The molecule has 0 atom stereocenters. The monoisotopic (exact) mass is 416 g/mol. The van der Waals surface area contributed by atoms with Crippen LogP contribution in [0.1, 0.15) is 35.7 Å². The highest BCUT2D eigenvalue weighted by atomic mass is 35.5.